The van der Waals surface area contributed by atoms with Crippen LogP contribution in [0.5, 0.6) is 0 Å². The maximum Gasteiger partial charge on any atom is 0.246 e. The first-order chi connectivity index (χ1) is 38.6. The van der Waals surface area contributed by atoms with Crippen molar-refractivity contribution in [2.75, 3.05) is 39.3 Å². The maximum atomic E-state index is 14.5. The van der Waals surface area contributed by atoms with Gasteiger partial charge in [0.25, 0.3) is 0 Å². The van der Waals surface area contributed by atoms with Gasteiger partial charge in [-0.3, -0.25) is 52.7 Å². The number of hydrogen-bond donors (Lipinski definition) is 19. The van der Waals surface area contributed by atoms with Crippen LogP contribution in [0, 0.1) is 17.8 Å². The zero-order valence-electron chi connectivity index (χ0n) is 49.0. The van der Waals surface area contributed by atoms with Gasteiger partial charge in [0.2, 0.25) is 65.0 Å². The summed E-state index contributed by atoms with van der Waals surface area (Å²) in [6.07, 6.45) is -4.00. The molecule has 24 N–H and O–H groups in total. The normalized spacial score (nSPS) is 24.3. The average Bonchev–Trinajstić information content (AvgIpc) is 3.50. The number of β-amino-alcohol motifs (C(OH)–C–C–N with tert-alkyl or cyclic N) is 1. The summed E-state index contributed by atoms with van der Waals surface area (Å²) >= 11 is 0. The molecule has 30 nitrogen and oxygen atoms in total. The van der Waals surface area contributed by atoms with Crippen molar-refractivity contribution in [3.8, 4) is 0 Å². The van der Waals surface area contributed by atoms with Crippen molar-refractivity contribution in [1.82, 2.24) is 58.5 Å². The van der Waals surface area contributed by atoms with Gasteiger partial charge in [0.1, 0.15) is 66.5 Å². The lowest BCUT2D eigenvalue weighted by molar-refractivity contribution is -0.138. The monoisotopic (exact) mass is 1170 g/mol. The van der Waals surface area contributed by atoms with E-state index in [-0.39, 0.29) is 95.9 Å². The van der Waals surface area contributed by atoms with Crippen LogP contribution in [-0.2, 0) is 52.7 Å². The van der Waals surface area contributed by atoms with Gasteiger partial charge in [0.05, 0.1) is 12.2 Å². The molecule has 0 radical (unpaired) electrons. The average molecular weight is 1170 g/mol. The summed E-state index contributed by atoms with van der Waals surface area (Å²) in [7, 11) is 0. The van der Waals surface area contributed by atoms with Crippen LogP contribution in [0.2, 0.25) is 0 Å². The molecular weight excluding hydrogens is 1070 g/mol. The molecule has 1 fully saturated rings. The van der Waals surface area contributed by atoms with Crippen molar-refractivity contribution in [3.63, 3.8) is 0 Å². The summed E-state index contributed by atoms with van der Waals surface area (Å²) in [5, 5.41) is 60.4. The molecule has 0 saturated carbocycles. The molecule has 0 bridgehead atoms. The Bertz CT molecular complexity index is 2090. The SMILES string of the molecule is CCC(C)CCCC(=O)N[C@@H](CCN)C(=O)N[C@H](C(=O)N[C@@H](CCN)C(=O)N[C@@H]1C(=O)N[C@@H](CCN)C(=O)N[C@H](CC(C)C)C(=O)N[C@@H](CC(C)C)C(=O)N[C@@H](CCN)C(=O)N[C@@H](CCN)C(=O)N[C@@H]([C@@H](C)O)C(=O)NCC1O)[C@@H](C)O. The number of nitrogens with two attached hydrogens (primary N) is 5. The van der Waals surface area contributed by atoms with Crippen molar-refractivity contribution < 1.29 is 68.1 Å². The second-order valence-corrected chi connectivity index (χ2v) is 21.8. The number of carbonyl (C=O) groups excluding carboxylic acids is 11. The molecule has 1 saturated heterocycles. The highest BCUT2D eigenvalue weighted by atomic mass is 16.3. The van der Waals surface area contributed by atoms with Crippen molar-refractivity contribution in [3.05, 3.63) is 0 Å². The molecule has 1 aliphatic rings. The lowest BCUT2D eigenvalue weighted by atomic mass is 9.99. The number of rotatable bonds is 28. The molecule has 14 atom stereocenters. The van der Waals surface area contributed by atoms with Gasteiger partial charge in [-0.05, 0) is 116 Å². The number of aliphatic hydroxyl groups excluding tert-OH is 3. The Hall–Kier alpha value is -6.15. The standard InChI is InChI=1S/C52H98N16O14/c1-9-28(6)11-10-12-39(72)59-31(13-18-53)45(75)67-41(30(8)70)51(81)62-35(17-22-57)47(77)68-42-38(71)25-58-50(80)40(29(7)69)66-46(76)34(16-21-56)60-43(73)32(14-19-54)61-48(78)36(23-26(2)3)65-49(79)37(24-27(4)5)64-44(74)33(15-20-55)63-52(42)82/h26-38,40-42,69-71H,9-25,53-57H2,1-8H3,(H,58,80)(H,59,72)(H,60,73)(H,61,78)(H,62,81)(H,63,82)(H,64,74)(H,65,79)(H,66,76)(H,67,75)(H,68,77)/t28?,29-,30-,31+,32+,33+,34+,35+,36+,37-,38?,40+,41+,42+/m1/s1. The van der Waals surface area contributed by atoms with E-state index in [4.69, 9.17) is 28.7 Å². The van der Waals surface area contributed by atoms with E-state index < -0.39 is 150 Å². The van der Waals surface area contributed by atoms with Gasteiger partial charge in [-0.1, -0.05) is 54.4 Å². The highest BCUT2D eigenvalue weighted by Gasteiger charge is 2.39. The Morgan fingerprint density at radius 1 is 0.537 bits per heavy atom. The quantitative estimate of drug-likeness (QED) is 0.0346. The molecule has 0 aliphatic carbocycles. The molecule has 11 amide bonds. The Labute approximate surface area is 480 Å². The number of nitrogens with one attached hydrogen (secondary N) is 11. The zero-order chi connectivity index (χ0) is 62.4. The summed E-state index contributed by atoms with van der Waals surface area (Å²) in [6, 6.07) is -15.6. The summed E-state index contributed by atoms with van der Waals surface area (Å²) in [6.45, 7) is 11.7. The predicted octanol–water partition coefficient (Wildman–Crippen LogP) is -6.86. The van der Waals surface area contributed by atoms with Gasteiger partial charge >= 0.3 is 0 Å². The first-order valence-electron chi connectivity index (χ1n) is 28.4. The van der Waals surface area contributed by atoms with Gasteiger partial charge in [-0.15, -0.1) is 0 Å². The molecular formula is C52H98N16O14. The number of aliphatic hydroxyl groups is 3. The maximum absolute atomic E-state index is 14.5. The Kier molecular flexibility index (Phi) is 34.8. The first-order valence-corrected chi connectivity index (χ1v) is 28.4. The van der Waals surface area contributed by atoms with E-state index in [0.29, 0.717) is 12.3 Å². The van der Waals surface area contributed by atoms with Crippen LogP contribution in [0.25, 0.3) is 0 Å². The molecule has 30 heteroatoms. The minimum absolute atomic E-state index is 0.00154. The Morgan fingerprint density at radius 3 is 1.38 bits per heavy atom. The minimum atomic E-state index is -2.13. The van der Waals surface area contributed by atoms with Gasteiger partial charge < -0.3 is 102 Å². The van der Waals surface area contributed by atoms with Crippen molar-refractivity contribution >= 4 is 65.0 Å². The van der Waals surface area contributed by atoms with Gasteiger partial charge in [-0.25, -0.2) is 0 Å². The first kappa shape index (κ1) is 73.9. The second kappa shape index (κ2) is 38.6. The summed E-state index contributed by atoms with van der Waals surface area (Å²) < 4.78 is 0. The van der Waals surface area contributed by atoms with E-state index in [9.17, 15) is 68.1 Å². The van der Waals surface area contributed by atoms with Gasteiger partial charge in [-0.2, -0.15) is 0 Å². The topological polar surface area (TPSA) is 511 Å². The molecule has 1 rings (SSSR count). The summed E-state index contributed by atoms with van der Waals surface area (Å²) in [5.41, 5.74) is 29.1. The summed E-state index contributed by atoms with van der Waals surface area (Å²) in [5.74, 6) is -10.6. The largest absolute Gasteiger partial charge is 0.391 e. The van der Waals surface area contributed by atoms with Crippen LogP contribution in [0.4, 0.5) is 0 Å². The molecule has 0 aromatic carbocycles. The lowest BCUT2D eigenvalue weighted by Crippen LogP contribution is -2.64. The van der Waals surface area contributed by atoms with Crippen LogP contribution < -0.4 is 87.2 Å². The molecule has 470 valence electrons. The molecule has 0 spiro atoms. The molecule has 2 unspecified atom stereocenters. The number of amides is 11. The lowest BCUT2D eigenvalue weighted by Gasteiger charge is -2.30. The third-order valence-corrected chi connectivity index (χ3v) is 13.5. The molecule has 82 heavy (non-hydrogen) atoms. The fraction of sp³-hybridized carbons (Fsp3) is 0.788. The third-order valence-electron chi connectivity index (χ3n) is 13.5. The Balaban J connectivity index is 3.91. The highest BCUT2D eigenvalue weighted by molar-refractivity contribution is 5.99. The molecule has 0 aromatic heterocycles. The van der Waals surface area contributed by atoms with Crippen molar-refractivity contribution in [2.24, 2.45) is 46.4 Å². The van der Waals surface area contributed by atoms with Crippen LogP contribution in [0.1, 0.15) is 126 Å². The third kappa shape index (κ3) is 26.4. The van der Waals surface area contributed by atoms with Crippen molar-refractivity contribution in [1.29, 1.82) is 0 Å². The number of hydrogen-bond acceptors (Lipinski definition) is 19. The highest BCUT2D eigenvalue weighted by Crippen LogP contribution is 2.13. The van der Waals surface area contributed by atoms with E-state index >= 15 is 0 Å². The molecule has 0 aromatic rings. The minimum Gasteiger partial charge on any atom is -0.391 e. The molecule has 1 aliphatic heterocycles. The van der Waals surface area contributed by atoms with E-state index in [1.165, 1.54) is 6.92 Å². The van der Waals surface area contributed by atoms with Crippen LogP contribution in [0.3, 0.4) is 0 Å². The smallest absolute Gasteiger partial charge is 0.246 e. The van der Waals surface area contributed by atoms with E-state index in [0.717, 1.165) is 19.8 Å². The predicted molar refractivity (Wildman–Crippen MR) is 302 cm³/mol. The fourth-order valence-corrected chi connectivity index (χ4v) is 8.62. The van der Waals surface area contributed by atoms with Gasteiger partial charge in [0, 0.05) is 13.0 Å². The fourth-order valence-electron chi connectivity index (χ4n) is 8.62. The van der Waals surface area contributed by atoms with E-state index in [1.54, 1.807) is 27.7 Å². The van der Waals surface area contributed by atoms with E-state index in [2.05, 4.69) is 58.5 Å². The van der Waals surface area contributed by atoms with Crippen molar-refractivity contribution in [2.45, 2.75) is 205 Å². The summed E-state index contributed by atoms with van der Waals surface area (Å²) in [4.78, 5) is 153. The van der Waals surface area contributed by atoms with Crippen LogP contribution in [-0.4, -0.2) is 198 Å². The Morgan fingerprint density at radius 2 is 0.963 bits per heavy atom. The van der Waals surface area contributed by atoms with E-state index in [1.807, 2.05) is 13.8 Å². The molecule has 1 heterocycles. The van der Waals surface area contributed by atoms with Gasteiger partial charge in [0.15, 0.2) is 0 Å². The number of carbonyl (C=O) groups is 11. The van der Waals surface area contributed by atoms with Crippen LogP contribution in [0.15, 0.2) is 0 Å². The second-order valence-electron chi connectivity index (χ2n) is 21.8. The zero-order valence-corrected chi connectivity index (χ0v) is 49.0. The van der Waals surface area contributed by atoms with Crippen LogP contribution >= 0.6 is 0 Å².